The van der Waals surface area contributed by atoms with Gasteiger partial charge >= 0.3 is 0 Å². The van der Waals surface area contributed by atoms with Crippen LogP contribution in [-0.4, -0.2) is 6.67 Å². The highest BCUT2D eigenvalue weighted by Gasteiger charge is 2.02. The van der Waals surface area contributed by atoms with Gasteiger partial charge in [-0.1, -0.05) is 0 Å². The topological polar surface area (TPSA) is 0 Å². The minimum Gasteiger partial charge on any atom is -0.251 e. The molecule has 0 nitrogen and oxygen atoms in total. The number of hydrogen-bond donors (Lipinski definition) is 0. The van der Waals surface area contributed by atoms with Crippen molar-refractivity contribution in [1.29, 1.82) is 0 Å². The summed E-state index contributed by atoms with van der Waals surface area (Å²) < 4.78 is 37.0. The van der Waals surface area contributed by atoms with Gasteiger partial charge in [-0.3, -0.25) is 4.39 Å². The zero-order chi connectivity index (χ0) is 8.97. The van der Waals surface area contributed by atoms with Gasteiger partial charge in [-0.15, -0.1) is 0 Å². The second-order valence-electron chi connectivity index (χ2n) is 2.53. The fraction of sp³-hybridized carbons (Fsp3) is 0.333. The lowest BCUT2D eigenvalue weighted by Crippen LogP contribution is -1.92. The van der Waals surface area contributed by atoms with Crippen molar-refractivity contribution in [1.82, 2.24) is 0 Å². The minimum absolute atomic E-state index is 0.236. The van der Waals surface area contributed by atoms with Gasteiger partial charge in [0.15, 0.2) is 0 Å². The smallest absolute Gasteiger partial charge is 0.126 e. The van der Waals surface area contributed by atoms with E-state index in [0.29, 0.717) is 0 Å². The zero-order valence-corrected chi connectivity index (χ0v) is 6.49. The van der Waals surface area contributed by atoms with Crippen LogP contribution in [0, 0.1) is 11.6 Å². The third-order valence-electron chi connectivity index (χ3n) is 1.59. The van der Waals surface area contributed by atoms with Crippen molar-refractivity contribution in [3.63, 3.8) is 0 Å². The molecule has 0 radical (unpaired) electrons. The number of hydrogen-bond acceptors (Lipinski definition) is 0. The van der Waals surface area contributed by atoms with Crippen molar-refractivity contribution in [3.8, 4) is 0 Å². The Morgan fingerprint density at radius 1 is 1.17 bits per heavy atom. The molecule has 0 saturated heterocycles. The Balaban J connectivity index is 2.75. The zero-order valence-electron chi connectivity index (χ0n) is 6.49. The van der Waals surface area contributed by atoms with E-state index in [9.17, 15) is 13.2 Å². The van der Waals surface area contributed by atoms with Crippen LogP contribution in [0.4, 0.5) is 13.2 Å². The first kappa shape index (κ1) is 9.10. The molecule has 0 aliphatic heterocycles. The molecule has 66 valence electrons. The predicted octanol–water partition coefficient (Wildman–Crippen LogP) is 2.87. The van der Waals surface area contributed by atoms with Crippen LogP contribution in [0.25, 0.3) is 0 Å². The molecule has 0 fully saturated rings. The average Bonchev–Trinajstić information content (AvgIpc) is 2.07. The molecule has 1 aromatic carbocycles. The van der Waals surface area contributed by atoms with Crippen molar-refractivity contribution >= 4 is 0 Å². The fourth-order valence-electron chi connectivity index (χ4n) is 0.992. The van der Waals surface area contributed by atoms with Crippen LogP contribution in [0.15, 0.2) is 18.2 Å². The van der Waals surface area contributed by atoms with E-state index in [-0.39, 0.29) is 18.4 Å². The van der Waals surface area contributed by atoms with E-state index in [2.05, 4.69) is 0 Å². The summed E-state index contributed by atoms with van der Waals surface area (Å²) >= 11 is 0. The van der Waals surface area contributed by atoms with Gasteiger partial charge in [0.25, 0.3) is 0 Å². The van der Waals surface area contributed by atoms with E-state index in [1.165, 1.54) is 0 Å². The molecular weight excluding hydrogens is 165 g/mol. The molecule has 12 heavy (non-hydrogen) atoms. The first-order valence-electron chi connectivity index (χ1n) is 3.74. The van der Waals surface area contributed by atoms with Gasteiger partial charge in [-0.05, 0) is 36.6 Å². The molecule has 0 unspecified atom stereocenters. The number of alkyl halides is 1. The largest absolute Gasteiger partial charge is 0.251 e. The highest BCUT2D eigenvalue weighted by atomic mass is 19.1. The van der Waals surface area contributed by atoms with Crippen LogP contribution in [-0.2, 0) is 6.42 Å². The Bertz CT molecular complexity index is 258. The van der Waals surface area contributed by atoms with Gasteiger partial charge in [-0.2, -0.15) is 0 Å². The SMILES string of the molecule is FCCCc1cc(F)ccc1F. The van der Waals surface area contributed by atoms with Gasteiger partial charge in [0.05, 0.1) is 6.67 Å². The highest BCUT2D eigenvalue weighted by Crippen LogP contribution is 2.11. The standard InChI is InChI=1S/C9H9F3/c10-5-1-2-7-6-8(11)3-4-9(7)12/h3-4,6H,1-2,5H2. The second-order valence-corrected chi connectivity index (χ2v) is 2.53. The predicted molar refractivity (Wildman–Crippen MR) is 40.7 cm³/mol. The summed E-state index contributed by atoms with van der Waals surface area (Å²) in [6.07, 6.45) is 0.487. The third kappa shape index (κ3) is 2.26. The molecule has 0 amide bonds. The molecule has 0 N–H and O–H groups in total. The summed E-state index contributed by atoms with van der Waals surface area (Å²) in [5.74, 6) is -0.949. The van der Waals surface area contributed by atoms with E-state index in [1.807, 2.05) is 0 Å². The molecule has 0 aliphatic rings. The number of rotatable bonds is 3. The van der Waals surface area contributed by atoms with E-state index in [0.717, 1.165) is 18.2 Å². The van der Waals surface area contributed by atoms with Crippen LogP contribution < -0.4 is 0 Å². The van der Waals surface area contributed by atoms with Crippen LogP contribution in [0.3, 0.4) is 0 Å². The normalized spacial score (nSPS) is 10.2. The summed E-state index contributed by atoms with van der Waals surface area (Å²) in [6.45, 7) is -0.504. The lowest BCUT2D eigenvalue weighted by atomic mass is 10.1. The van der Waals surface area contributed by atoms with E-state index < -0.39 is 18.3 Å². The molecule has 0 saturated carbocycles. The van der Waals surface area contributed by atoms with Crippen LogP contribution in [0.5, 0.6) is 0 Å². The van der Waals surface area contributed by atoms with Crippen molar-refractivity contribution in [2.75, 3.05) is 6.67 Å². The maximum atomic E-state index is 12.8. The molecular formula is C9H9F3. The van der Waals surface area contributed by atoms with Crippen molar-refractivity contribution in [3.05, 3.63) is 35.4 Å². The van der Waals surface area contributed by atoms with E-state index in [4.69, 9.17) is 0 Å². The fourth-order valence-corrected chi connectivity index (χ4v) is 0.992. The first-order chi connectivity index (χ1) is 5.74. The minimum atomic E-state index is -0.504. The van der Waals surface area contributed by atoms with Gasteiger partial charge in [0.2, 0.25) is 0 Å². The maximum Gasteiger partial charge on any atom is 0.126 e. The number of aryl methyl sites for hydroxylation is 1. The molecule has 0 bridgehead atoms. The summed E-state index contributed by atoms with van der Waals surface area (Å²) in [6, 6.07) is 3.21. The number of halogens is 3. The number of benzene rings is 1. The van der Waals surface area contributed by atoms with Crippen molar-refractivity contribution < 1.29 is 13.2 Å². The Morgan fingerprint density at radius 2 is 1.92 bits per heavy atom. The molecule has 0 atom stereocenters. The lowest BCUT2D eigenvalue weighted by molar-refractivity contribution is 0.468. The highest BCUT2D eigenvalue weighted by molar-refractivity contribution is 5.18. The van der Waals surface area contributed by atoms with Gasteiger partial charge in [0.1, 0.15) is 11.6 Å². The molecule has 1 rings (SSSR count). The molecule has 1 aromatic rings. The molecule has 3 heteroatoms. The summed E-state index contributed by atoms with van der Waals surface area (Å²) in [5.41, 5.74) is 0.243. The molecule has 0 aliphatic carbocycles. The maximum absolute atomic E-state index is 12.8. The van der Waals surface area contributed by atoms with Gasteiger partial charge in [-0.25, -0.2) is 8.78 Å². The summed E-state index contributed by atoms with van der Waals surface area (Å²) in [5, 5.41) is 0. The van der Waals surface area contributed by atoms with Crippen molar-refractivity contribution in [2.45, 2.75) is 12.8 Å². The van der Waals surface area contributed by atoms with Gasteiger partial charge in [0, 0.05) is 0 Å². The summed E-state index contributed by atoms with van der Waals surface area (Å²) in [4.78, 5) is 0. The van der Waals surface area contributed by atoms with Crippen molar-refractivity contribution in [2.24, 2.45) is 0 Å². The quantitative estimate of drug-likeness (QED) is 0.661. The van der Waals surface area contributed by atoms with Crippen LogP contribution in [0.2, 0.25) is 0 Å². The third-order valence-corrected chi connectivity index (χ3v) is 1.59. The Kier molecular flexibility index (Phi) is 3.14. The summed E-state index contributed by atoms with van der Waals surface area (Å²) in [7, 11) is 0. The monoisotopic (exact) mass is 174 g/mol. The van der Waals surface area contributed by atoms with Gasteiger partial charge < -0.3 is 0 Å². The van der Waals surface area contributed by atoms with E-state index in [1.54, 1.807) is 0 Å². The lowest BCUT2D eigenvalue weighted by Gasteiger charge is -2.00. The molecule has 0 spiro atoms. The first-order valence-corrected chi connectivity index (χ1v) is 3.74. The van der Waals surface area contributed by atoms with E-state index >= 15 is 0 Å². The molecule has 0 heterocycles. The Hall–Kier alpha value is -0.990. The Labute approximate surface area is 69.0 Å². The Morgan fingerprint density at radius 3 is 2.58 bits per heavy atom. The van der Waals surface area contributed by atoms with Crippen LogP contribution >= 0.6 is 0 Å². The second kappa shape index (κ2) is 4.14. The van der Waals surface area contributed by atoms with Crippen LogP contribution in [0.1, 0.15) is 12.0 Å². The molecule has 0 aromatic heterocycles. The average molecular weight is 174 g/mol.